The highest BCUT2D eigenvalue weighted by Crippen LogP contribution is 2.09. The van der Waals surface area contributed by atoms with Gasteiger partial charge in [-0.25, -0.2) is 0 Å². The highest BCUT2D eigenvalue weighted by Gasteiger charge is 2.36. The van der Waals surface area contributed by atoms with E-state index in [1.165, 1.54) is 16.5 Å². The predicted octanol–water partition coefficient (Wildman–Crippen LogP) is 3.12. The highest BCUT2D eigenvalue weighted by molar-refractivity contribution is 6.78. The van der Waals surface area contributed by atoms with Crippen LogP contribution in [0.1, 0.15) is 25.3 Å². The monoisotopic (exact) mass is 330 g/mol. The van der Waals surface area contributed by atoms with Crippen molar-refractivity contribution in [2.45, 2.75) is 26.7 Å². The molecule has 0 aliphatic carbocycles. The molecule has 25 heavy (non-hydrogen) atoms. The molecular formula is C22H25BNO+. The molecule has 0 aliphatic heterocycles. The van der Waals surface area contributed by atoms with E-state index in [1.54, 1.807) is 0 Å². The summed E-state index contributed by atoms with van der Waals surface area (Å²) in [6.45, 7) is 5.15. The van der Waals surface area contributed by atoms with Crippen LogP contribution < -0.4 is 20.1 Å². The van der Waals surface area contributed by atoms with Gasteiger partial charge < -0.3 is 4.74 Å². The summed E-state index contributed by atoms with van der Waals surface area (Å²) in [6.07, 6.45) is 6.50. The smallest absolute Gasteiger partial charge is 0.494 e. The van der Waals surface area contributed by atoms with Crippen molar-refractivity contribution in [2.24, 2.45) is 0 Å². The molecule has 1 heterocycles. The van der Waals surface area contributed by atoms with Crippen LogP contribution in [0.4, 0.5) is 0 Å². The van der Waals surface area contributed by atoms with Crippen LogP contribution in [-0.4, -0.2) is 13.5 Å². The third-order valence-electron chi connectivity index (χ3n) is 4.40. The van der Waals surface area contributed by atoms with Crippen molar-refractivity contribution < 1.29 is 9.21 Å². The molecule has 0 aliphatic rings. The zero-order chi connectivity index (χ0) is 17.5. The molecule has 3 aromatic rings. The van der Waals surface area contributed by atoms with E-state index < -0.39 is 0 Å². The molecule has 0 bridgehead atoms. The van der Waals surface area contributed by atoms with Gasteiger partial charge in [0.05, 0.1) is 6.61 Å². The molecule has 0 N–H and O–H groups in total. The second-order valence-electron chi connectivity index (χ2n) is 6.38. The van der Waals surface area contributed by atoms with Crippen LogP contribution >= 0.6 is 0 Å². The number of rotatable bonds is 7. The Morgan fingerprint density at radius 2 is 1.56 bits per heavy atom. The van der Waals surface area contributed by atoms with Gasteiger partial charge in [0, 0.05) is 23.1 Å². The first-order chi connectivity index (χ1) is 12.3. The lowest BCUT2D eigenvalue weighted by Crippen LogP contribution is -2.65. The van der Waals surface area contributed by atoms with Crippen molar-refractivity contribution in [3.05, 3.63) is 84.7 Å². The minimum absolute atomic E-state index is 0.0969. The highest BCUT2D eigenvalue weighted by atomic mass is 16.5. The molecule has 0 atom stereocenters. The van der Waals surface area contributed by atoms with Gasteiger partial charge in [0.2, 0.25) is 0 Å². The summed E-state index contributed by atoms with van der Waals surface area (Å²) in [4.78, 5) is 0. The fourth-order valence-corrected chi connectivity index (χ4v) is 3.00. The SMILES string of the molecule is CCCCOc1ccccc1B(c1ccccc1)[n+]1ccc(C)cc1. The topological polar surface area (TPSA) is 13.1 Å². The summed E-state index contributed by atoms with van der Waals surface area (Å²) in [5.41, 5.74) is 3.71. The van der Waals surface area contributed by atoms with E-state index in [4.69, 9.17) is 4.74 Å². The molecule has 0 spiro atoms. The Balaban J connectivity index is 2.05. The van der Waals surface area contributed by atoms with Gasteiger partial charge in [0.25, 0.3) is 0 Å². The van der Waals surface area contributed by atoms with Gasteiger partial charge in [-0.05, 0) is 25.0 Å². The Kier molecular flexibility index (Phi) is 5.89. The molecule has 0 radical (unpaired) electrons. The number of ether oxygens (including phenoxy) is 1. The first-order valence-electron chi connectivity index (χ1n) is 9.03. The summed E-state index contributed by atoms with van der Waals surface area (Å²) in [5.74, 6) is 0.970. The summed E-state index contributed by atoms with van der Waals surface area (Å²) in [7, 11) is 0. The summed E-state index contributed by atoms with van der Waals surface area (Å²) < 4.78 is 8.37. The fraction of sp³-hybridized carbons (Fsp3) is 0.227. The normalized spacial score (nSPS) is 10.5. The molecule has 0 saturated carbocycles. The zero-order valence-electron chi connectivity index (χ0n) is 15.1. The van der Waals surface area contributed by atoms with E-state index in [0.717, 1.165) is 25.2 Å². The number of benzene rings is 2. The number of aromatic nitrogens is 1. The Morgan fingerprint density at radius 3 is 2.28 bits per heavy atom. The quantitative estimate of drug-likeness (QED) is 0.479. The molecule has 1 aromatic heterocycles. The predicted molar refractivity (Wildman–Crippen MR) is 105 cm³/mol. The fourth-order valence-electron chi connectivity index (χ4n) is 3.00. The average Bonchev–Trinajstić information content (AvgIpc) is 2.66. The van der Waals surface area contributed by atoms with Gasteiger partial charge in [-0.2, -0.15) is 0 Å². The van der Waals surface area contributed by atoms with Crippen molar-refractivity contribution in [3.63, 3.8) is 0 Å². The molecule has 2 aromatic carbocycles. The van der Waals surface area contributed by atoms with Gasteiger partial charge in [-0.1, -0.05) is 61.9 Å². The second kappa shape index (κ2) is 8.52. The van der Waals surface area contributed by atoms with E-state index in [2.05, 4.69) is 91.4 Å². The Hall–Kier alpha value is -2.55. The third kappa shape index (κ3) is 4.30. The molecular weight excluding hydrogens is 305 g/mol. The van der Waals surface area contributed by atoms with Crippen LogP contribution in [0.15, 0.2) is 79.1 Å². The van der Waals surface area contributed by atoms with Crippen LogP contribution in [0.5, 0.6) is 5.75 Å². The van der Waals surface area contributed by atoms with E-state index in [0.29, 0.717) is 0 Å². The summed E-state index contributed by atoms with van der Waals surface area (Å²) in [6, 6.07) is 23.3. The molecule has 0 unspecified atom stereocenters. The van der Waals surface area contributed by atoms with Crippen LogP contribution in [-0.2, 0) is 0 Å². The number of nitrogens with zero attached hydrogens (tertiary/aromatic N) is 1. The first-order valence-corrected chi connectivity index (χ1v) is 9.03. The van der Waals surface area contributed by atoms with Crippen LogP contribution in [0, 0.1) is 6.92 Å². The number of para-hydroxylation sites is 1. The first kappa shape index (κ1) is 17.3. The van der Waals surface area contributed by atoms with Gasteiger partial charge in [-0.3, -0.25) is 4.48 Å². The minimum Gasteiger partial charge on any atom is -0.494 e. The maximum Gasteiger partial charge on any atom is 0.562 e. The Bertz CT molecular complexity index is 787. The second-order valence-corrected chi connectivity index (χ2v) is 6.38. The average molecular weight is 330 g/mol. The van der Waals surface area contributed by atoms with Gasteiger partial charge >= 0.3 is 6.85 Å². The molecule has 0 saturated heterocycles. The van der Waals surface area contributed by atoms with Crippen molar-refractivity contribution >= 4 is 17.8 Å². The molecule has 2 nitrogen and oxygen atoms in total. The van der Waals surface area contributed by atoms with E-state index >= 15 is 0 Å². The van der Waals surface area contributed by atoms with Crippen LogP contribution in [0.3, 0.4) is 0 Å². The molecule has 0 amide bonds. The van der Waals surface area contributed by atoms with Crippen LogP contribution in [0.2, 0.25) is 0 Å². The van der Waals surface area contributed by atoms with Crippen LogP contribution in [0.25, 0.3) is 0 Å². The van der Waals surface area contributed by atoms with E-state index in [-0.39, 0.29) is 6.85 Å². The zero-order valence-corrected chi connectivity index (χ0v) is 15.1. The van der Waals surface area contributed by atoms with Crippen molar-refractivity contribution in [1.29, 1.82) is 0 Å². The molecule has 126 valence electrons. The van der Waals surface area contributed by atoms with Gasteiger partial charge in [-0.15, -0.1) is 0 Å². The maximum atomic E-state index is 6.11. The maximum absolute atomic E-state index is 6.11. The van der Waals surface area contributed by atoms with E-state index in [1.807, 2.05) is 6.07 Å². The number of hydrogen-bond acceptors (Lipinski definition) is 1. The molecule has 3 heteroatoms. The van der Waals surface area contributed by atoms with Crippen molar-refractivity contribution in [2.75, 3.05) is 6.61 Å². The number of pyridine rings is 1. The largest absolute Gasteiger partial charge is 0.562 e. The Labute approximate surface area is 151 Å². The number of hydrogen-bond donors (Lipinski definition) is 0. The van der Waals surface area contributed by atoms with Gasteiger partial charge in [0.15, 0.2) is 0 Å². The molecule has 3 rings (SSSR count). The Morgan fingerprint density at radius 1 is 0.880 bits per heavy atom. The standard InChI is InChI=1S/C22H25BNO/c1-3-4-18-25-22-13-9-8-12-21(22)23(20-10-6-5-7-11-20)24-16-14-19(2)15-17-24/h5-17H,3-4,18H2,1-2H3/q+1. The third-order valence-corrected chi connectivity index (χ3v) is 4.40. The summed E-state index contributed by atoms with van der Waals surface area (Å²) >= 11 is 0. The molecule has 0 fully saturated rings. The van der Waals surface area contributed by atoms with Crippen molar-refractivity contribution in [3.8, 4) is 5.75 Å². The lowest BCUT2D eigenvalue weighted by Gasteiger charge is -2.14. The number of aryl methyl sites for hydroxylation is 1. The van der Waals surface area contributed by atoms with Crippen molar-refractivity contribution in [1.82, 2.24) is 0 Å². The summed E-state index contributed by atoms with van der Waals surface area (Å²) in [5, 5.41) is 0. The number of unbranched alkanes of at least 4 members (excludes halogenated alkanes) is 1. The lowest BCUT2D eigenvalue weighted by molar-refractivity contribution is -0.533. The van der Waals surface area contributed by atoms with E-state index in [9.17, 15) is 0 Å². The lowest BCUT2D eigenvalue weighted by atomic mass is 9.50. The minimum atomic E-state index is 0.0969. The van der Waals surface area contributed by atoms with Gasteiger partial charge in [0.1, 0.15) is 18.1 Å².